The number of rotatable bonds is 2. The average Bonchev–Trinajstić information content (AvgIpc) is 2.90. The number of anilines is 1. The summed E-state index contributed by atoms with van der Waals surface area (Å²) in [6, 6.07) is 5.78. The molecule has 0 aliphatic carbocycles. The lowest BCUT2D eigenvalue weighted by atomic mass is 10.2. The summed E-state index contributed by atoms with van der Waals surface area (Å²) in [6.07, 6.45) is 0. The lowest BCUT2D eigenvalue weighted by molar-refractivity contribution is -0.759. The van der Waals surface area contributed by atoms with Crippen LogP contribution in [0.5, 0.6) is 11.5 Å². The van der Waals surface area contributed by atoms with Crippen molar-refractivity contribution in [1.29, 1.82) is 0 Å². The first kappa shape index (κ1) is 9.95. The normalized spacial score (nSPS) is 13.0. The molecule has 6 nitrogen and oxygen atoms in total. The Labute approximate surface area is 97.5 Å². The average molecular weight is 234 g/mol. The molecule has 88 valence electrons. The molecule has 0 amide bonds. The van der Waals surface area contributed by atoms with E-state index in [9.17, 15) is 0 Å². The number of hydrogen-bond acceptors (Lipinski definition) is 5. The molecule has 0 unspecified atom stereocenters. The Hall–Kier alpha value is -2.24. The van der Waals surface area contributed by atoms with Crippen molar-refractivity contribution in [2.45, 2.75) is 13.5 Å². The van der Waals surface area contributed by atoms with Gasteiger partial charge in [0, 0.05) is 12.5 Å². The van der Waals surface area contributed by atoms with Gasteiger partial charge in [0.2, 0.25) is 18.6 Å². The van der Waals surface area contributed by atoms with Gasteiger partial charge < -0.3 is 15.2 Å². The second-order valence-corrected chi connectivity index (χ2v) is 3.87. The third kappa shape index (κ3) is 1.67. The Morgan fingerprint density at radius 1 is 1.35 bits per heavy atom. The van der Waals surface area contributed by atoms with E-state index >= 15 is 0 Å². The molecule has 3 rings (SSSR count). The van der Waals surface area contributed by atoms with Crippen LogP contribution in [-0.2, 0) is 6.54 Å². The molecule has 1 aromatic carbocycles. The highest BCUT2D eigenvalue weighted by atomic mass is 16.7. The molecule has 17 heavy (non-hydrogen) atoms. The monoisotopic (exact) mass is 234 g/mol. The van der Waals surface area contributed by atoms with Crippen LogP contribution in [0.25, 0.3) is 0 Å². The number of nitrogens with two attached hydrogens (primary N) is 1. The van der Waals surface area contributed by atoms with E-state index in [1.54, 1.807) is 4.68 Å². The van der Waals surface area contributed by atoms with Gasteiger partial charge in [-0.2, -0.15) is 0 Å². The van der Waals surface area contributed by atoms with E-state index < -0.39 is 0 Å². The van der Waals surface area contributed by atoms with Crippen molar-refractivity contribution < 1.29 is 18.7 Å². The Bertz CT molecular complexity index is 565. The van der Waals surface area contributed by atoms with Crippen LogP contribution in [0, 0.1) is 6.92 Å². The Morgan fingerprint density at radius 3 is 2.94 bits per heavy atom. The molecule has 2 aromatic rings. The molecule has 0 spiro atoms. The highest BCUT2D eigenvalue weighted by Crippen LogP contribution is 2.32. The molecule has 1 aromatic heterocycles. The van der Waals surface area contributed by atoms with E-state index in [1.807, 2.05) is 25.1 Å². The molecule has 0 atom stereocenters. The molecule has 0 saturated heterocycles. The van der Waals surface area contributed by atoms with Crippen LogP contribution < -0.4 is 19.9 Å². The first-order valence-corrected chi connectivity index (χ1v) is 5.24. The van der Waals surface area contributed by atoms with Gasteiger partial charge in [-0.05, 0) is 22.9 Å². The van der Waals surface area contributed by atoms with E-state index in [2.05, 4.69) is 5.27 Å². The van der Waals surface area contributed by atoms with Crippen molar-refractivity contribution in [3.63, 3.8) is 0 Å². The zero-order chi connectivity index (χ0) is 11.8. The van der Waals surface area contributed by atoms with Gasteiger partial charge in [0.05, 0.1) is 0 Å². The molecule has 0 radical (unpaired) electrons. The van der Waals surface area contributed by atoms with Gasteiger partial charge in [0.25, 0.3) is 11.6 Å². The molecule has 2 heterocycles. The molecule has 0 fully saturated rings. The number of benzene rings is 1. The van der Waals surface area contributed by atoms with Gasteiger partial charge >= 0.3 is 0 Å². The highest BCUT2D eigenvalue weighted by Gasteiger charge is 2.20. The first-order chi connectivity index (χ1) is 8.24. The summed E-state index contributed by atoms with van der Waals surface area (Å²) in [7, 11) is 0. The number of aromatic nitrogens is 2. The minimum atomic E-state index is 0.280. The number of nitrogen functional groups attached to an aromatic ring is 1. The van der Waals surface area contributed by atoms with E-state index in [-0.39, 0.29) is 6.79 Å². The van der Waals surface area contributed by atoms with Crippen LogP contribution in [0.4, 0.5) is 5.88 Å². The molecule has 0 saturated carbocycles. The van der Waals surface area contributed by atoms with Gasteiger partial charge in [0.1, 0.15) is 0 Å². The van der Waals surface area contributed by atoms with Gasteiger partial charge in [-0.25, -0.2) is 0 Å². The fraction of sp³-hybridized carbons (Fsp3) is 0.273. The summed E-state index contributed by atoms with van der Waals surface area (Å²) in [5.41, 5.74) is 7.45. The molecular weight excluding hydrogens is 222 g/mol. The smallest absolute Gasteiger partial charge is 0.296 e. The van der Waals surface area contributed by atoms with Gasteiger partial charge in [-0.15, -0.1) is 0 Å². The molecule has 6 heteroatoms. The maximum Gasteiger partial charge on any atom is 0.296 e. The molecule has 1 aliphatic heterocycles. The maximum atomic E-state index is 5.59. The molecular formula is C11H12N3O3+. The SMILES string of the molecule is Cc1c(N)on[n+]1Cc1ccc2c(c1)OCO2. The third-order valence-electron chi connectivity index (χ3n) is 2.75. The number of nitrogens with zero attached hydrogens (tertiary/aromatic N) is 2. The number of fused-ring (bicyclic) bond motifs is 1. The predicted octanol–water partition coefficient (Wildman–Crippen LogP) is 0.630. The zero-order valence-electron chi connectivity index (χ0n) is 9.34. The van der Waals surface area contributed by atoms with Crippen molar-refractivity contribution in [3.05, 3.63) is 29.5 Å². The largest absolute Gasteiger partial charge is 0.454 e. The Kier molecular flexibility index (Phi) is 2.14. The Balaban J connectivity index is 1.88. The summed E-state index contributed by atoms with van der Waals surface area (Å²) in [5, 5.41) is 3.85. The fourth-order valence-corrected chi connectivity index (χ4v) is 1.71. The maximum absolute atomic E-state index is 5.59. The predicted molar refractivity (Wildman–Crippen MR) is 57.5 cm³/mol. The van der Waals surface area contributed by atoms with Crippen LogP contribution in [0.15, 0.2) is 22.7 Å². The summed E-state index contributed by atoms with van der Waals surface area (Å²) in [6.45, 7) is 2.73. The lowest BCUT2D eigenvalue weighted by Crippen LogP contribution is -2.38. The summed E-state index contributed by atoms with van der Waals surface area (Å²) in [4.78, 5) is 0. The zero-order valence-corrected chi connectivity index (χ0v) is 9.34. The topological polar surface area (TPSA) is 74.4 Å². The molecule has 2 N–H and O–H groups in total. The van der Waals surface area contributed by atoms with Gasteiger partial charge in [-0.3, -0.25) is 4.52 Å². The van der Waals surface area contributed by atoms with Crippen molar-refractivity contribution in [1.82, 2.24) is 5.27 Å². The van der Waals surface area contributed by atoms with Crippen molar-refractivity contribution in [3.8, 4) is 11.5 Å². The van der Waals surface area contributed by atoms with E-state index in [1.165, 1.54) is 0 Å². The fourth-order valence-electron chi connectivity index (χ4n) is 1.71. The highest BCUT2D eigenvalue weighted by molar-refractivity contribution is 5.44. The van der Waals surface area contributed by atoms with Gasteiger partial charge in [0.15, 0.2) is 11.5 Å². The summed E-state index contributed by atoms with van der Waals surface area (Å²) >= 11 is 0. The quantitative estimate of drug-likeness (QED) is 0.771. The number of ether oxygens (including phenoxy) is 2. The van der Waals surface area contributed by atoms with Crippen LogP contribution in [0.2, 0.25) is 0 Å². The Morgan fingerprint density at radius 2 is 2.18 bits per heavy atom. The first-order valence-electron chi connectivity index (χ1n) is 5.24. The van der Waals surface area contributed by atoms with Crippen LogP contribution >= 0.6 is 0 Å². The second kappa shape index (κ2) is 3.65. The minimum absolute atomic E-state index is 0.280. The van der Waals surface area contributed by atoms with Crippen molar-refractivity contribution >= 4 is 5.88 Å². The van der Waals surface area contributed by atoms with Crippen LogP contribution in [0.3, 0.4) is 0 Å². The van der Waals surface area contributed by atoms with Crippen LogP contribution in [0.1, 0.15) is 11.3 Å². The summed E-state index contributed by atoms with van der Waals surface area (Å²) < 4.78 is 17.2. The van der Waals surface area contributed by atoms with E-state index in [0.29, 0.717) is 12.4 Å². The van der Waals surface area contributed by atoms with E-state index in [4.69, 9.17) is 19.7 Å². The van der Waals surface area contributed by atoms with Crippen LogP contribution in [-0.4, -0.2) is 12.1 Å². The number of hydrogen-bond donors (Lipinski definition) is 1. The minimum Gasteiger partial charge on any atom is -0.454 e. The van der Waals surface area contributed by atoms with E-state index in [0.717, 1.165) is 22.8 Å². The van der Waals surface area contributed by atoms with Crippen molar-refractivity contribution in [2.24, 2.45) is 0 Å². The second-order valence-electron chi connectivity index (χ2n) is 3.87. The standard InChI is InChI=1S/C11H12N3O3/c1-7-11(12)17-13-14(7)5-8-2-3-9-10(4-8)16-6-15-9/h2-4H,5-6,12H2,1H3/q+1. The van der Waals surface area contributed by atoms with Gasteiger partial charge in [-0.1, -0.05) is 0 Å². The summed E-state index contributed by atoms with van der Waals surface area (Å²) in [5.74, 6) is 1.87. The third-order valence-corrected chi connectivity index (χ3v) is 2.75. The van der Waals surface area contributed by atoms with Crippen molar-refractivity contribution in [2.75, 3.05) is 12.5 Å². The molecule has 0 bridgehead atoms. The lowest BCUT2D eigenvalue weighted by Gasteiger charge is -1.97. The molecule has 1 aliphatic rings.